The van der Waals surface area contributed by atoms with E-state index in [1.807, 2.05) is 12.1 Å². The van der Waals surface area contributed by atoms with Crippen molar-refractivity contribution in [3.63, 3.8) is 0 Å². The normalized spacial score (nSPS) is 12.8. The molecule has 3 aromatic rings. The Kier molecular flexibility index (Phi) is 7.88. The molecule has 0 aromatic heterocycles. The molecule has 0 unspecified atom stereocenters. The monoisotopic (exact) mass is 506 g/mol. The lowest BCUT2D eigenvalue weighted by atomic mass is 9.73. The third-order valence-electron chi connectivity index (χ3n) is 7.56. The lowest BCUT2D eigenvalue weighted by Gasteiger charge is -2.31. The fraction of sp³-hybridized carbons (Fsp3) is 0.471. The molecule has 0 atom stereocenters. The zero-order valence-corrected chi connectivity index (χ0v) is 25.0. The minimum atomic E-state index is -0.330. The number of halogens is 2. The maximum Gasteiger partial charge on any atom is 0.127 e. The van der Waals surface area contributed by atoms with E-state index in [1.165, 1.54) is 27.8 Å². The van der Waals surface area contributed by atoms with Crippen molar-refractivity contribution in [2.45, 2.75) is 105 Å². The van der Waals surface area contributed by atoms with E-state index in [1.54, 1.807) is 6.07 Å². The molecule has 3 aromatic carbocycles. The summed E-state index contributed by atoms with van der Waals surface area (Å²) in [5.74, 6) is -0.110. The fourth-order valence-electron chi connectivity index (χ4n) is 6.80. The smallest absolute Gasteiger partial charge is 0.127 e. The summed E-state index contributed by atoms with van der Waals surface area (Å²) < 4.78 is 15.8. The van der Waals surface area contributed by atoms with Gasteiger partial charge in [-0.2, -0.15) is 0 Å². The van der Waals surface area contributed by atoms with Gasteiger partial charge in [-0.1, -0.05) is 90.4 Å². The van der Waals surface area contributed by atoms with Crippen molar-refractivity contribution in [2.24, 2.45) is 0 Å². The Morgan fingerprint density at radius 1 is 0.611 bits per heavy atom. The summed E-state index contributed by atoms with van der Waals surface area (Å²) in [4.78, 5) is 0. The van der Waals surface area contributed by atoms with E-state index in [9.17, 15) is 0 Å². The van der Waals surface area contributed by atoms with Gasteiger partial charge in [-0.05, 0) is 119 Å². The molecule has 0 N–H and O–H groups in total. The van der Waals surface area contributed by atoms with Crippen LogP contribution in [0.5, 0.6) is 0 Å². The number of aryl methyl sites for hydroxylation is 4. The van der Waals surface area contributed by atoms with E-state index >= 15 is 4.39 Å². The Bertz CT molecular complexity index is 1200. The maximum absolute atomic E-state index is 15.8. The second-order valence-electron chi connectivity index (χ2n) is 13.2. The summed E-state index contributed by atoms with van der Waals surface area (Å²) in [7, 11) is 0. The first-order valence-electron chi connectivity index (χ1n) is 13.1. The molecule has 0 amide bonds. The van der Waals surface area contributed by atoms with Gasteiger partial charge in [0.1, 0.15) is 5.82 Å². The first-order valence-corrected chi connectivity index (χ1v) is 13.5. The predicted octanol–water partition coefficient (Wildman–Crippen LogP) is 10.1. The molecule has 0 aliphatic heterocycles. The van der Waals surface area contributed by atoms with Crippen molar-refractivity contribution in [1.82, 2.24) is 0 Å². The van der Waals surface area contributed by atoms with Gasteiger partial charge >= 0.3 is 0 Å². The van der Waals surface area contributed by atoms with Crippen LogP contribution in [0.15, 0.2) is 42.5 Å². The van der Waals surface area contributed by atoms with Crippen LogP contribution in [-0.2, 0) is 29.1 Å². The summed E-state index contributed by atoms with van der Waals surface area (Å²) >= 11 is 6.59. The second-order valence-corrected chi connectivity index (χ2v) is 13.6. The molecule has 0 heterocycles. The third-order valence-corrected chi connectivity index (χ3v) is 7.87. The minimum Gasteiger partial charge on any atom is -0.207 e. The van der Waals surface area contributed by atoms with Crippen LogP contribution >= 0.6 is 11.6 Å². The fourth-order valence-corrected chi connectivity index (χ4v) is 7.28. The highest BCUT2D eigenvalue weighted by atomic mass is 35.5. The highest BCUT2D eigenvalue weighted by Gasteiger charge is 2.30. The molecule has 0 saturated heterocycles. The van der Waals surface area contributed by atoms with Crippen molar-refractivity contribution in [3.05, 3.63) is 103 Å². The Balaban J connectivity index is 1.94. The van der Waals surface area contributed by atoms with Crippen molar-refractivity contribution in [2.75, 3.05) is 0 Å². The Hall–Kier alpha value is -2.12. The van der Waals surface area contributed by atoms with E-state index in [0.717, 1.165) is 40.1 Å². The van der Waals surface area contributed by atoms with E-state index in [0.29, 0.717) is 0 Å². The Morgan fingerprint density at radius 3 is 1.50 bits per heavy atom. The van der Waals surface area contributed by atoms with Gasteiger partial charge in [-0.3, -0.25) is 0 Å². The molecule has 0 nitrogen and oxygen atoms in total. The molecule has 0 saturated carbocycles. The highest BCUT2D eigenvalue weighted by molar-refractivity contribution is 6.31. The molecule has 0 radical (unpaired) electrons. The van der Waals surface area contributed by atoms with Crippen LogP contribution in [0.1, 0.15) is 98.5 Å². The lowest BCUT2D eigenvalue weighted by Crippen LogP contribution is -2.26. The first kappa shape index (κ1) is 28.5. The standard InChI is InChI=1S/C34H44ClF/c1-21-13-12-14-27(35)30(21)33(8,9)20-26-17-24(4)31(28(36)18-26)34(10,11)19-25-15-22(2)29(23(3)16-25)32(5,6)7/h12-18H,19-20H2,1-11H3. The summed E-state index contributed by atoms with van der Waals surface area (Å²) in [5, 5.41) is 0.776. The molecule has 0 fully saturated rings. The molecule has 194 valence electrons. The number of rotatable bonds is 6. The summed E-state index contributed by atoms with van der Waals surface area (Å²) in [6.45, 7) is 24.1. The van der Waals surface area contributed by atoms with Gasteiger partial charge in [0.15, 0.2) is 0 Å². The number of hydrogen-bond acceptors (Lipinski definition) is 0. The largest absolute Gasteiger partial charge is 0.207 e. The van der Waals surface area contributed by atoms with E-state index in [4.69, 9.17) is 11.6 Å². The van der Waals surface area contributed by atoms with E-state index < -0.39 is 0 Å². The molecule has 0 aliphatic carbocycles. The van der Waals surface area contributed by atoms with Crippen LogP contribution in [0, 0.1) is 33.5 Å². The molecule has 0 aliphatic rings. The van der Waals surface area contributed by atoms with Crippen LogP contribution in [0.2, 0.25) is 5.02 Å². The van der Waals surface area contributed by atoms with Crippen molar-refractivity contribution < 1.29 is 4.39 Å². The number of benzene rings is 3. The predicted molar refractivity (Wildman–Crippen MR) is 155 cm³/mol. The van der Waals surface area contributed by atoms with E-state index in [2.05, 4.69) is 100 Å². The molecular weight excluding hydrogens is 463 g/mol. The average molecular weight is 507 g/mol. The van der Waals surface area contributed by atoms with Crippen LogP contribution in [0.3, 0.4) is 0 Å². The molecule has 36 heavy (non-hydrogen) atoms. The van der Waals surface area contributed by atoms with Gasteiger partial charge in [0.25, 0.3) is 0 Å². The van der Waals surface area contributed by atoms with Crippen LogP contribution < -0.4 is 0 Å². The van der Waals surface area contributed by atoms with Crippen molar-refractivity contribution in [3.8, 4) is 0 Å². The second kappa shape index (κ2) is 9.97. The molecule has 0 spiro atoms. The Labute approximate surface area is 224 Å². The Morgan fingerprint density at radius 2 is 1.06 bits per heavy atom. The summed E-state index contributed by atoms with van der Waals surface area (Å²) in [6.07, 6.45) is 1.52. The van der Waals surface area contributed by atoms with Crippen LogP contribution in [0.4, 0.5) is 4.39 Å². The zero-order valence-electron chi connectivity index (χ0n) is 24.2. The lowest BCUT2D eigenvalue weighted by molar-refractivity contribution is 0.473. The first-order chi connectivity index (χ1) is 16.4. The molecular formula is C34H44ClF. The molecule has 0 bridgehead atoms. The van der Waals surface area contributed by atoms with Gasteiger partial charge in [-0.25, -0.2) is 4.39 Å². The van der Waals surface area contributed by atoms with Crippen LogP contribution in [0.25, 0.3) is 0 Å². The van der Waals surface area contributed by atoms with Crippen molar-refractivity contribution >= 4 is 11.6 Å². The van der Waals surface area contributed by atoms with Gasteiger partial charge in [0, 0.05) is 5.02 Å². The summed E-state index contributed by atoms with van der Waals surface area (Å²) in [6, 6.07) is 14.5. The highest BCUT2D eigenvalue weighted by Crippen LogP contribution is 2.39. The van der Waals surface area contributed by atoms with Gasteiger partial charge < -0.3 is 0 Å². The zero-order chi connectivity index (χ0) is 27.2. The topological polar surface area (TPSA) is 0 Å². The van der Waals surface area contributed by atoms with Crippen LogP contribution in [-0.4, -0.2) is 0 Å². The minimum absolute atomic E-state index is 0.108. The van der Waals surface area contributed by atoms with Gasteiger partial charge in [-0.15, -0.1) is 0 Å². The molecule has 2 heteroatoms. The van der Waals surface area contributed by atoms with Gasteiger partial charge in [0.05, 0.1) is 0 Å². The average Bonchev–Trinajstić information content (AvgIpc) is 2.63. The maximum atomic E-state index is 15.8. The summed E-state index contributed by atoms with van der Waals surface area (Å²) in [5.41, 5.74) is 10.0. The SMILES string of the molecule is Cc1cc(CC(C)(C)c2c(C)cc(CC(C)(C)c3c(C)cccc3Cl)cc2F)cc(C)c1C(C)(C)C. The third kappa shape index (κ3) is 5.88. The van der Waals surface area contributed by atoms with Crippen molar-refractivity contribution in [1.29, 1.82) is 0 Å². The quantitative estimate of drug-likeness (QED) is 0.312. The van der Waals surface area contributed by atoms with Gasteiger partial charge in [0.2, 0.25) is 0 Å². The number of hydrogen-bond donors (Lipinski definition) is 0. The molecule has 3 rings (SSSR count). The van der Waals surface area contributed by atoms with E-state index in [-0.39, 0.29) is 22.1 Å².